The number of nitrogens with zero attached hydrogens (tertiary/aromatic N) is 5. The summed E-state index contributed by atoms with van der Waals surface area (Å²) in [5, 5.41) is 13.5. The van der Waals surface area contributed by atoms with E-state index in [0.717, 1.165) is 5.52 Å². The second-order valence-corrected chi connectivity index (χ2v) is 10.2. The van der Waals surface area contributed by atoms with Crippen molar-refractivity contribution in [1.29, 1.82) is 0 Å². The molecular weight excluding hydrogens is 480 g/mol. The maximum Gasteiger partial charge on any atom is 0.328 e. The van der Waals surface area contributed by atoms with Gasteiger partial charge < -0.3 is 21.1 Å². The largest absolute Gasteiger partial charge is 0.390 e. The summed E-state index contributed by atoms with van der Waals surface area (Å²) in [6.07, 6.45) is 1.82. The number of aliphatic hydroxyl groups is 1. The van der Waals surface area contributed by atoms with Crippen LogP contribution in [0.3, 0.4) is 0 Å². The highest BCUT2D eigenvalue weighted by atomic mass is 35.5. The summed E-state index contributed by atoms with van der Waals surface area (Å²) >= 11 is 6.33. The number of hydrogen-bond donors (Lipinski definition) is 3. The number of anilines is 3. The summed E-state index contributed by atoms with van der Waals surface area (Å²) in [4.78, 5) is 23.1. The van der Waals surface area contributed by atoms with E-state index in [1.54, 1.807) is 47.1 Å². The quantitative estimate of drug-likeness (QED) is 0.468. The maximum atomic E-state index is 14.2. The number of piperidine rings is 1. The zero-order valence-corrected chi connectivity index (χ0v) is 20.9. The van der Waals surface area contributed by atoms with E-state index < -0.39 is 23.5 Å². The molecule has 1 aromatic carbocycles. The lowest BCUT2D eigenvalue weighted by Gasteiger charge is -2.40. The van der Waals surface area contributed by atoms with E-state index in [1.807, 2.05) is 6.07 Å². The van der Waals surface area contributed by atoms with Gasteiger partial charge in [0.2, 0.25) is 5.95 Å². The zero-order chi connectivity index (χ0) is 25.7. The summed E-state index contributed by atoms with van der Waals surface area (Å²) in [5.41, 5.74) is 6.68. The van der Waals surface area contributed by atoms with Crippen LogP contribution in [0, 0.1) is 5.92 Å². The zero-order valence-electron chi connectivity index (χ0n) is 20.1. The molecule has 0 spiro atoms. The molecule has 0 unspecified atom stereocenters. The molecule has 0 aliphatic carbocycles. The van der Waals surface area contributed by atoms with Crippen molar-refractivity contribution in [3.05, 3.63) is 39.9 Å². The van der Waals surface area contributed by atoms with Crippen LogP contribution >= 0.6 is 11.6 Å². The molecule has 9 nitrogen and oxygen atoms in total. The molecule has 3 heterocycles. The van der Waals surface area contributed by atoms with Crippen molar-refractivity contribution in [3.8, 4) is 0 Å². The van der Waals surface area contributed by atoms with Gasteiger partial charge in [-0.1, -0.05) is 18.5 Å². The van der Waals surface area contributed by atoms with E-state index >= 15 is 0 Å². The van der Waals surface area contributed by atoms with Crippen LogP contribution in [0.2, 0.25) is 5.02 Å². The highest BCUT2D eigenvalue weighted by Gasteiger charge is 2.48. The average molecular weight is 510 g/mol. The number of alkyl halides is 2. The van der Waals surface area contributed by atoms with Crippen LogP contribution < -0.4 is 21.6 Å². The number of hydrogen-bond acceptors (Lipinski definition) is 7. The Bertz CT molecular complexity index is 1290. The van der Waals surface area contributed by atoms with Gasteiger partial charge in [0, 0.05) is 38.3 Å². The Morgan fingerprint density at radius 2 is 2.03 bits per heavy atom. The van der Waals surface area contributed by atoms with Crippen LogP contribution in [0.1, 0.15) is 27.2 Å². The van der Waals surface area contributed by atoms with E-state index in [2.05, 4.69) is 15.3 Å². The second-order valence-electron chi connectivity index (χ2n) is 9.84. The minimum atomic E-state index is -2.96. The maximum absolute atomic E-state index is 14.2. The average Bonchev–Trinajstić information content (AvgIpc) is 3.01. The fraction of sp³-hybridized carbons (Fsp3) is 0.522. The Morgan fingerprint density at radius 1 is 1.31 bits per heavy atom. The molecule has 12 heteroatoms. The number of aryl methyl sites for hydroxylation is 2. The molecule has 1 fully saturated rings. The molecule has 0 radical (unpaired) electrons. The molecule has 4 N–H and O–H groups in total. The fourth-order valence-electron chi connectivity index (χ4n) is 4.24. The molecule has 0 amide bonds. The van der Waals surface area contributed by atoms with E-state index in [0.29, 0.717) is 30.0 Å². The molecule has 35 heavy (non-hydrogen) atoms. The fourth-order valence-corrected chi connectivity index (χ4v) is 4.38. The van der Waals surface area contributed by atoms with Crippen LogP contribution in [0.4, 0.5) is 26.2 Å². The topological polar surface area (TPSA) is 114 Å². The van der Waals surface area contributed by atoms with Gasteiger partial charge in [0.1, 0.15) is 5.02 Å². The first-order valence-electron chi connectivity index (χ1n) is 11.4. The first-order valence-corrected chi connectivity index (χ1v) is 11.8. The molecule has 190 valence electrons. The van der Waals surface area contributed by atoms with Crippen molar-refractivity contribution < 1.29 is 13.9 Å². The Morgan fingerprint density at radius 3 is 2.69 bits per heavy atom. The summed E-state index contributed by atoms with van der Waals surface area (Å²) < 4.78 is 31.5. The van der Waals surface area contributed by atoms with Gasteiger partial charge in [0.15, 0.2) is 5.82 Å². The number of fused-ring (bicyclic) bond motifs is 1. The van der Waals surface area contributed by atoms with E-state index in [-0.39, 0.29) is 29.8 Å². The minimum absolute atomic E-state index is 0.0607. The summed E-state index contributed by atoms with van der Waals surface area (Å²) in [6.45, 7) is 5.17. The van der Waals surface area contributed by atoms with E-state index in [4.69, 9.17) is 17.3 Å². The molecule has 1 aliphatic heterocycles. The Labute approximate surface area is 206 Å². The third-order valence-corrected chi connectivity index (χ3v) is 6.71. The number of nitrogens with one attached hydrogen (secondary N) is 1. The number of halogens is 3. The molecule has 1 saturated heterocycles. The smallest absolute Gasteiger partial charge is 0.328 e. The number of benzene rings is 1. The number of nitrogens with two attached hydrogens (primary N) is 1. The van der Waals surface area contributed by atoms with Crippen molar-refractivity contribution in [1.82, 2.24) is 19.1 Å². The molecule has 4 rings (SSSR count). The highest BCUT2D eigenvalue weighted by Crippen LogP contribution is 2.34. The minimum Gasteiger partial charge on any atom is -0.390 e. The van der Waals surface area contributed by atoms with Gasteiger partial charge in [0.05, 0.1) is 28.9 Å². The monoisotopic (exact) mass is 509 g/mol. The van der Waals surface area contributed by atoms with Crippen molar-refractivity contribution in [3.63, 3.8) is 0 Å². The first kappa shape index (κ1) is 25.3. The highest BCUT2D eigenvalue weighted by molar-refractivity contribution is 6.32. The van der Waals surface area contributed by atoms with Gasteiger partial charge in [-0.05, 0) is 38.5 Å². The van der Waals surface area contributed by atoms with Gasteiger partial charge in [-0.25, -0.2) is 18.6 Å². The van der Waals surface area contributed by atoms with Crippen molar-refractivity contribution in [2.75, 3.05) is 23.3 Å². The first-order chi connectivity index (χ1) is 16.3. The number of aromatic nitrogens is 4. The standard InChI is InChI=1S/C23H30ClF2N7O2/c1-13-11-32(12-18(27)23(13,25)26)20-28-10-15(24)19(30-20)29-14-5-6-16-17(9-14)33(21(34)31(16)4)8-7-22(2,3)35/h5-6,9-10,13,18,35H,7-8,11-12,27H2,1-4H3,(H,28,29,30)/t13-,18+/m1/s1. The normalized spacial score (nSPS) is 20.4. The van der Waals surface area contributed by atoms with Crippen molar-refractivity contribution >= 4 is 40.1 Å². The van der Waals surface area contributed by atoms with E-state index in [1.165, 1.54) is 13.1 Å². The lowest BCUT2D eigenvalue weighted by atomic mass is 9.92. The van der Waals surface area contributed by atoms with Crippen LogP contribution in [0.15, 0.2) is 29.2 Å². The third kappa shape index (κ3) is 4.98. The van der Waals surface area contributed by atoms with Gasteiger partial charge in [-0.3, -0.25) is 9.13 Å². The molecule has 3 aromatic rings. The van der Waals surface area contributed by atoms with Crippen LogP contribution in [-0.2, 0) is 13.6 Å². The summed E-state index contributed by atoms with van der Waals surface area (Å²) in [7, 11) is 1.69. The van der Waals surface area contributed by atoms with Crippen LogP contribution in [0.25, 0.3) is 11.0 Å². The summed E-state index contributed by atoms with van der Waals surface area (Å²) in [5.74, 6) is -3.37. The van der Waals surface area contributed by atoms with Crippen LogP contribution in [-0.4, -0.2) is 54.9 Å². The van der Waals surface area contributed by atoms with E-state index in [9.17, 15) is 18.7 Å². The van der Waals surface area contributed by atoms with Crippen molar-refractivity contribution in [2.45, 2.75) is 51.3 Å². The number of rotatable bonds is 6. The SMILES string of the molecule is C[C@@H]1CN(c2ncc(Cl)c(Nc3ccc4c(c3)n(CCC(C)(C)O)c(=O)n4C)n2)C[C@H](N)C1(F)F. The Kier molecular flexibility index (Phi) is 6.54. The molecular formula is C23H30ClF2N7O2. The molecule has 1 aliphatic rings. The van der Waals surface area contributed by atoms with Gasteiger partial charge in [-0.15, -0.1) is 0 Å². The summed E-state index contributed by atoms with van der Waals surface area (Å²) in [6, 6.07) is 4.07. The van der Waals surface area contributed by atoms with Crippen LogP contribution in [0.5, 0.6) is 0 Å². The Hall–Kier alpha value is -2.76. The molecule has 0 bridgehead atoms. The third-order valence-electron chi connectivity index (χ3n) is 6.43. The predicted molar refractivity (Wildman–Crippen MR) is 133 cm³/mol. The predicted octanol–water partition coefficient (Wildman–Crippen LogP) is 3.11. The second kappa shape index (κ2) is 9.03. The molecule has 2 aromatic heterocycles. The van der Waals surface area contributed by atoms with Gasteiger partial charge in [-0.2, -0.15) is 4.98 Å². The lowest BCUT2D eigenvalue weighted by Crippen LogP contribution is -2.60. The van der Waals surface area contributed by atoms with Gasteiger partial charge in [0.25, 0.3) is 5.92 Å². The molecule has 2 atom stereocenters. The van der Waals surface area contributed by atoms with Gasteiger partial charge >= 0.3 is 5.69 Å². The lowest BCUT2D eigenvalue weighted by molar-refractivity contribution is -0.0808. The van der Waals surface area contributed by atoms with Crippen molar-refractivity contribution in [2.24, 2.45) is 18.7 Å². The molecule has 0 saturated carbocycles. The number of imidazole rings is 1. The Balaban J connectivity index is 1.63.